The fraction of sp³-hybridized carbons (Fsp3) is 0.0588. The predicted octanol–water partition coefficient (Wildman–Crippen LogP) is 3.04. The first-order valence-corrected chi connectivity index (χ1v) is 8.55. The Bertz CT molecular complexity index is 885. The van der Waals surface area contributed by atoms with E-state index in [1.807, 2.05) is 0 Å². The molecule has 1 aromatic heterocycles. The number of non-ortho nitro benzene ring substituents is 1. The number of nitrogens with one attached hydrogen (secondary N) is 1. The number of pyridine rings is 1. The maximum atomic E-state index is 10.7. The maximum absolute atomic E-state index is 10.7. The normalized spacial score (nSPS) is 10.9. The van der Waals surface area contributed by atoms with Crippen molar-refractivity contribution in [1.29, 1.82) is 0 Å². The molecule has 0 bridgehead atoms. The molecule has 0 aliphatic heterocycles. The van der Waals surface area contributed by atoms with Gasteiger partial charge in [-0.05, 0) is 24.8 Å². The van der Waals surface area contributed by atoms with E-state index in [1.54, 1.807) is 24.5 Å². The van der Waals surface area contributed by atoms with Gasteiger partial charge in [0.2, 0.25) is 5.90 Å². The van der Waals surface area contributed by atoms with E-state index in [9.17, 15) is 10.1 Å². The molecule has 0 atom stereocenters. The molecule has 0 fully saturated rings. The summed E-state index contributed by atoms with van der Waals surface area (Å²) in [7, 11) is 0. The Morgan fingerprint density at radius 3 is 2.63 bits per heavy atom. The summed E-state index contributed by atoms with van der Waals surface area (Å²) in [5.74, 6) is 6.00. The fourth-order valence-electron chi connectivity index (χ4n) is 1.96. The molecule has 9 nitrogen and oxygen atoms in total. The van der Waals surface area contributed by atoms with Crippen molar-refractivity contribution in [3.05, 3.63) is 82.3 Å². The number of nitro benzene ring substituents is 1. The van der Waals surface area contributed by atoms with Gasteiger partial charge in [-0.3, -0.25) is 15.1 Å². The number of nitrogen functional groups attached to an aromatic ring is 1. The Hall–Kier alpha value is -3.53. The van der Waals surface area contributed by atoms with Crippen molar-refractivity contribution in [3.63, 3.8) is 0 Å². The van der Waals surface area contributed by atoms with Crippen molar-refractivity contribution in [3.8, 4) is 0 Å². The lowest BCUT2D eigenvalue weighted by Gasteiger charge is -2.13. The SMILES string of the molecule is C=C(CSC(=C)O/C(=N\N)c1ccncc1)Nc1ccc([N+](=O)[O-])cc1N. The van der Waals surface area contributed by atoms with E-state index in [0.717, 1.165) is 0 Å². The molecule has 27 heavy (non-hydrogen) atoms. The van der Waals surface area contributed by atoms with Gasteiger partial charge in [0.1, 0.15) is 0 Å². The summed E-state index contributed by atoms with van der Waals surface area (Å²) in [5, 5.41) is 17.7. The maximum Gasteiger partial charge on any atom is 0.271 e. The molecule has 0 radical (unpaired) electrons. The molecule has 140 valence electrons. The summed E-state index contributed by atoms with van der Waals surface area (Å²) in [6, 6.07) is 7.59. The van der Waals surface area contributed by atoms with Crippen LogP contribution in [0.4, 0.5) is 17.1 Å². The molecule has 0 spiro atoms. The van der Waals surface area contributed by atoms with E-state index in [4.69, 9.17) is 16.3 Å². The average Bonchev–Trinajstić information content (AvgIpc) is 2.66. The summed E-state index contributed by atoms with van der Waals surface area (Å²) < 4.78 is 5.55. The zero-order valence-electron chi connectivity index (χ0n) is 14.3. The second-order valence-electron chi connectivity index (χ2n) is 5.19. The minimum absolute atomic E-state index is 0.0791. The molecule has 0 aliphatic carbocycles. The van der Waals surface area contributed by atoms with Crippen molar-refractivity contribution in [1.82, 2.24) is 4.98 Å². The van der Waals surface area contributed by atoms with Gasteiger partial charge < -0.3 is 21.6 Å². The Morgan fingerprint density at radius 1 is 1.33 bits per heavy atom. The van der Waals surface area contributed by atoms with Crippen LogP contribution in [0, 0.1) is 10.1 Å². The lowest BCUT2D eigenvalue weighted by molar-refractivity contribution is -0.384. The first kappa shape index (κ1) is 19.8. The largest absolute Gasteiger partial charge is 0.431 e. The number of benzene rings is 1. The predicted molar refractivity (Wildman–Crippen MR) is 108 cm³/mol. The number of nitro groups is 1. The number of nitrogens with two attached hydrogens (primary N) is 2. The van der Waals surface area contributed by atoms with E-state index in [2.05, 4.69) is 28.6 Å². The number of ether oxygens (including phenoxy) is 1. The zero-order chi connectivity index (χ0) is 19.8. The van der Waals surface area contributed by atoms with E-state index < -0.39 is 4.92 Å². The van der Waals surface area contributed by atoms with Gasteiger partial charge >= 0.3 is 0 Å². The number of anilines is 2. The highest BCUT2D eigenvalue weighted by atomic mass is 32.2. The van der Waals surface area contributed by atoms with E-state index >= 15 is 0 Å². The number of hydrazone groups is 1. The molecular weight excluding hydrogens is 368 g/mol. The fourth-order valence-corrected chi connectivity index (χ4v) is 2.51. The third-order valence-corrected chi connectivity index (χ3v) is 4.12. The van der Waals surface area contributed by atoms with Crippen LogP contribution in [0.5, 0.6) is 0 Å². The molecule has 1 heterocycles. The highest BCUT2D eigenvalue weighted by Crippen LogP contribution is 2.26. The Balaban J connectivity index is 1.88. The number of hydrogen-bond acceptors (Lipinski definition) is 9. The van der Waals surface area contributed by atoms with Gasteiger partial charge in [-0.25, -0.2) is 0 Å². The van der Waals surface area contributed by atoms with Crippen molar-refractivity contribution < 1.29 is 9.66 Å². The Kier molecular flexibility index (Phi) is 6.78. The number of thioether (sulfide) groups is 1. The summed E-state index contributed by atoms with van der Waals surface area (Å²) in [6.45, 7) is 7.71. The molecule has 10 heteroatoms. The monoisotopic (exact) mass is 386 g/mol. The van der Waals surface area contributed by atoms with Gasteiger partial charge in [-0.2, -0.15) is 0 Å². The van der Waals surface area contributed by atoms with Crippen molar-refractivity contribution in [2.75, 3.05) is 16.8 Å². The minimum Gasteiger partial charge on any atom is -0.431 e. The number of aromatic nitrogens is 1. The number of nitrogens with zero attached hydrogens (tertiary/aromatic N) is 3. The third-order valence-electron chi connectivity index (χ3n) is 3.22. The van der Waals surface area contributed by atoms with Crippen LogP contribution in [-0.4, -0.2) is 21.6 Å². The molecule has 2 rings (SSSR count). The summed E-state index contributed by atoms with van der Waals surface area (Å²) in [4.78, 5) is 14.2. The molecule has 5 N–H and O–H groups in total. The van der Waals surface area contributed by atoms with Crippen molar-refractivity contribution in [2.45, 2.75) is 0 Å². The lowest BCUT2D eigenvalue weighted by Crippen LogP contribution is -2.09. The van der Waals surface area contributed by atoms with E-state index in [0.29, 0.717) is 27.8 Å². The Morgan fingerprint density at radius 2 is 2.04 bits per heavy atom. The summed E-state index contributed by atoms with van der Waals surface area (Å²) in [6.07, 6.45) is 3.19. The minimum atomic E-state index is -0.508. The topological polar surface area (TPSA) is 142 Å². The second-order valence-corrected chi connectivity index (χ2v) is 6.22. The summed E-state index contributed by atoms with van der Waals surface area (Å²) in [5.41, 5.74) is 7.80. The van der Waals surface area contributed by atoms with Crippen LogP contribution in [-0.2, 0) is 4.74 Å². The molecule has 0 unspecified atom stereocenters. The highest BCUT2D eigenvalue weighted by molar-refractivity contribution is 8.03. The van der Waals surface area contributed by atoms with Gasteiger partial charge in [-0.15, -0.1) is 5.10 Å². The Labute approximate surface area is 160 Å². The van der Waals surface area contributed by atoms with Gasteiger partial charge in [0.05, 0.1) is 16.3 Å². The second kappa shape index (κ2) is 9.25. The van der Waals surface area contributed by atoms with E-state index in [-0.39, 0.29) is 17.3 Å². The third kappa shape index (κ3) is 5.75. The molecule has 0 saturated heterocycles. The van der Waals surface area contributed by atoms with Gasteiger partial charge in [0.15, 0.2) is 5.09 Å². The van der Waals surface area contributed by atoms with Crippen LogP contribution in [0.25, 0.3) is 0 Å². The molecule has 0 amide bonds. The number of hydrogen-bond donors (Lipinski definition) is 3. The molecule has 1 aromatic carbocycles. The average molecular weight is 386 g/mol. The van der Waals surface area contributed by atoms with Crippen molar-refractivity contribution in [2.24, 2.45) is 10.9 Å². The highest BCUT2D eigenvalue weighted by Gasteiger charge is 2.11. The van der Waals surface area contributed by atoms with Gasteiger partial charge in [0.25, 0.3) is 5.69 Å². The number of rotatable bonds is 8. The van der Waals surface area contributed by atoms with Crippen molar-refractivity contribution >= 4 is 34.7 Å². The van der Waals surface area contributed by atoms with Crippen LogP contribution in [0.15, 0.2) is 71.8 Å². The van der Waals surface area contributed by atoms with Gasteiger partial charge in [-0.1, -0.05) is 18.3 Å². The van der Waals surface area contributed by atoms with Gasteiger partial charge in [0, 0.05) is 41.5 Å². The van der Waals surface area contributed by atoms with Crippen LogP contribution >= 0.6 is 11.8 Å². The molecular formula is C17H18N6O3S. The molecule has 0 aliphatic rings. The standard InChI is InChI=1S/C17H18N6O3S/c1-11(21-16-4-3-14(23(24)25)9-15(16)18)10-27-12(2)26-17(22-19)13-5-7-20-8-6-13/h3-9,21H,1-2,10,18-19H2/b22-17-. The van der Waals surface area contributed by atoms with Crippen LogP contribution in [0.2, 0.25) is 0 Å². The van der Waals surface area contributed by atoms with Crippen LogP contribution in [0.3, 0.4) is 0 Å². The first-order valence-electron chi connectivity index (χ1n) is 7.57. The molecule has 0 saturated carbocycles. The quantitative estimate of drug-likeness (QED) is 0.119. The first-order chi connectivity index (χ1) is 12.9. The zero-order valence-corrected chi connectivity index (χ0v) is 15.1. The van der Waals surface area contributed by atoms with Crippen LogP contribution < -0.4 is 16.9 Å². The van der Waals surface area contributed by atoms with E-state index in [1.165, 1.54) is 30.0 Å². The van der Waals surface area contributed by atoms with Crippen LogP contribution in [0.1, 0.15) is 5.56 Å². The lowest BCUT2D eigenvalue weighted by atomic mass is 10.2. The smallest absolute Gasteiger partial charge is 0.271 e. The summed E-state index contributed by atoms with van der Waals surface area (Å²) >= 11 is 1.28. The molecule has 2 aromatic rings.